The van der Waals surface area contributed by atoms with E-state index in [2.05, 4.69) is 15.5 Å². The standard InChI is InChI=1S/C20H24F3N3O2/c1-12-9-13(20(21,22)23)10-17(27)18(12)16-4-3-15(25-26-16)11-24-14-5-7-19(2,28)8-6-14/h3-4,9-10,14,24,27-28H,5-8,11H2,1-2H3. The van der Waals surface area contributed by atoms with E-state index in [1.807, 2.05) is 6.92 Å². The number of phenolic OH excluding ortho intramolecular Hbond substituents is 1. The fourth-order valence-corrected chi connectivity index (χ4v) is 3.55. The van der Waals surface area contributed by atoms with Crippen molar-refractivity contribution in [3.63, 3.8) is 0 Å². The van der Waals surface area contributed by atoms with E-state index in [1.165, 1.54) is 6.92 Å². The van der Waals surface area contributed by atoms with E-state index in [-0.39, 0.29) is 11.1 Å². The number of aryl methyl sites for hydroxylation is 1. The van der Waals surface area contributed by atoms with E-state index < -0.39 is 23.1 Å². The molecule has 0 spiro atoms. The lowest BCUT2D eigenvalue weighted by Crippen LogP contribution is -2.39. The number of nitrogens with zero attached hydrogens (tertiary/aromatic N) is 2. The molecule has 8 heteroatoms. The maximum absolute atomic E-state index is 12.9. The normalized spacial score (nSPS) is 23.0. The molecule has 3 N–H and O–H groups in total. The lowest BCUT2D eigenvalue weighted by Gasteiger charge is -2.33. The first-order valence-electron chi connectivity index (χ1n) is 9.25. The van der Waals surface area contributed by atoms with Gasteiger partial charge >= 0.3 is 6.18 Å². The Morgan fingerprint density at radius 3 is 2.39 bits per heavy atom. The number of phenols is 1. The zero-order valence-corrected chi connectivity index (χ0v) is 15.8. The topological polar surface area (TPSA) is 78.3 Å². The van der Waals surface area contributed by atoms with Crippen LogP contribution in [0, 0.1) is 6.92 Å². The molecule has 0 aliphatic heterocycles. The number of nitrogens with one attached hydrogen (secondary N) is 1. The van der Waals surface area contributed by atoms with E-state index in [0.717, 1.165) is 31.7 Å². The second-order valence-electron chi connectivity index (χ2n) is 7.75. The Kier molecular flexibility index (Phi) is 5.63. The highest BCUT2D eigenvalue weighted by atomic mass is 19.4. The molecule has 1 aromatic carbocycles. The molecule has 152 valence electrons. The summed E-state index contributed by atoms with van der Waals surface area (Å²) in [5.74, 6) is -0.471. The SMILES string of the molecule is Cc1cc(C(F)(F)F)cc(O)c1-c1ccc(CNC2CCC(C)(O)CC2)nn1. The van der Waals surface area contributed by atoms with E-state index in [4.69, 9.17) is 0 Å². The fraction of sp³-hybridized carbons (Fsp3) is 0.500. The molecular formula is C20H24F3N3O2. The summed E-state index contributed by atoms with van der Waals surface area (Å²) >= 11 is 0. The van der Waals surface area contributed by atoms with Crippen molar-refractivity contribution < 1.29 is 23.4 Å². The molecule has 3 rings (SSSR count). The zero-order chi connectivity index (χ0) is 20.5. The van der Waals surface area contributed by atoms with Crippen molar-refractivity contribution in [1.82, 2.24) is 15.5 Å². The monoisotopic (exact) mass is 395 g/mol. The second kappa shape index (κ2) is 7.67. The quantitative estimate of drug-likeness (QED) is 0.730. The maximum atomic E-state index is 12.9. The molecule has 1 aromatic heterocycles. The van der Waals surface area contributed by atoms with Crippen LogP contribution in [0.2, 0.25) is 0 Å². The third kappa shape index (κ3) is 4.80. The number of rotatable bonds is 4. The highest BCUT2D eigenvalue weighted by Gasteiger charge is 2.32. The molecule has 0 unspecified atom stereocenters. The van der Waals surface area contributed by atoms with Crippen LogP contribution in [-0.4, -0.2) is 32.1 Å². The molecule has 1 aliphatic rings. The summed E-state index contributed by atoms with van der Waals surface area (Å²) in [5.41, 5.74) is 0.0651. The predicted octanol–water partition coefficient (Wildman–Crippen LogP) is 3.96. The third-order valence-electron chi connectivity index (χ3n) is 5.25. The summed E-state index contributed by atoms with van der Waals surface area (Å²) in [6.07, 6.45) is -1.24. The number of alkyl halides is 3. The molecule has 0 radical (unpaired) electrons. The van der Waals surface area contributed by atoms with Crippen LogP contribution in [0.15, 0.2) is 24.3 Å². The molecule has 1 fully saturated rings. The van der Waals surface area contributed by atoms with Crippen molar-refractivity contribution in [2.45, 2.75) is 63.9 Å². The minimum atomic E-state index is -4.52. The van der Waals surface area contributed by atoms with E-state index >= 15 is 0 Å². The van der Waals surface area contributed by atoms with Gasteiger partial charge in [0, 0.05) is 18.2 Å². The average Bonchev–Trinajstić information content (AvgIpc) is 2.60. The summed E-state index contributed by atoms with van der Waals surface area (Å²) in [4.78, 5) is 0. The molecule has 0 saturated heterocycles. The van der Waals surface area contributed by atoms with E-state index in [1.54, 1.807) is 12.1 Å². The van der Waals surface area contributed by atoms with Gasteiger partial charge in [0.05, 0.1) is 22.6 Å². The van der Waals surface area contributed by atoms with Crippen molar-refractivity contribution in [1.29, 1.82) is 0 Å². The summed E-state index contributed by atoms with van der Waals surface area (Å²) in [7, 11) is 0. The van der Waals surface area contributed by atoms with Crippen LogP contribution in [0.3, 0.4) is 0 Å². The third-order valence-corrected chi connectivity index (χ3v) is 5.25. The first-order valence-corrected chi connectivity index (χ1v) is 9.25. The first-order chi connectivity index (χ1) is 13.0. The van der Waals surface area contributed by atoms with Crippen molar-refractivity contribution in [2.75, 3.05) is 0 Å². The molecule has 2 aromatic rings. The number of aromatic hydroxyl groups is 1. The Bertz CT molecular complexity index is 803. The van der Waals surface area contributed by atoms with Crippen LogP contribution in [0.25, 0.3) is 11.3 Å². The van der Waals surface area contributed by atoms with Crippen LogP contribution >= 0.6 is 0 Å². The van der Waals surface area contributed by atoms with Crippen molar-refractivity contribution >= 4 is 0 Å². The smallest absolute Gasteiger partial charge is 0.416 e. The van der Waals surface area contributed by atoms with E-state index in [9.17, 15) is 23.4 Å². The summed E-state index contributed by atoms with van der Waals surface area (Å²) < 4.78 is 38.6. The molecule has 1 saturated carbocycles. The van der Waals surface area contributed by atoms with Gasteiger partial charge in [0.25, 0.3) is 0 Å². The summed E-state index contributed by atoms with van der Waals surface area (Å²) in [5, 5.41) is 31.7. The summed E-state index contributed by atoms with van der Waals surface area (Å²) in [6.45, 7) is 3.86. The molecule has 0 amide bonds. The second-order valence-corrected chi connectivity index (χ2v) is 7.75. The van der Waals surface area contributed by atoms with Gasteiger partial charge < -0.3 is 15.5 Å². The average molecular weight is 395 g/mol. The van der Waals surface area contributed by atoms with Crippen LogP contribution in [-0.2, 0) is 12.7 Å². The Morgan fingerprint density at radius 2 is 1.86 bits per heavy atom. The van der Waals surface area contributed by atoms with Crippen LogP contribution < -0.4 is 5.32 Å². The van der Waals surface area contributed by atoms with Crippen LogP contribution in [0.4, 0.5) is 13.2 Å². The number of hydrogen-bond donors (Lipinski definition) is 3. The number of aromatic nitrogens is 2. The molecule has 1 aliphatic carbocycles. The van der Waals surface area contributed by atoms with Gasteiger partial charge in [-0.2, -0.15) is 23.4 Å². The highest BCUT2D eigenvalue weighted by molar-refractivity contribution is 5.71. The van der Waals surface area contributed by atoms with Gasteiger partial charge in [-0.05, 0) is 69.4 Å². The molecule has 5 nitrogen and oxygen atoms in total. The van der Waals surface area contributed by atoms with Gasteiger partial charge in [-0.25, -0.2) is 0 Å². The molecule has 0 atom stereocenters. The van der Waals surface area contributed by atoms with Gasteiger partial charge in [0.1, 0.15) is 5.75 Å². The molecule has 28 heavy (non-hydrogen) atoms. The fourth-order valence-electron chi connectivity index (χ4n) is 3.55. The lowest BCUT2D eigenvalue weighted by atomic mass is 9.83. The lowest BCUT2D eigenvalue weighted by molar-refractivity contribution is -0.137. The number of halogens is 3. The molecule has 1 heterocycles. The first kappa shape index (κ1) is 20.5. The Morgan fingerprint density at radius 1 is 1.18 bits per heavy atom. The zero-order valence-electron chi connectivity index (χ0n) is 15.8. The van der Waals surface area contributed by atoms with Crippen LogP contribution in [0.1, 0.15) is 49.4 Å². The van der Waals surface area contributed by atoms with Crippen molar-refractivity contribution in [2.24, 2.45) is 0 Å². The van der Waals surface area contributed by atoms with Gasteiger partial charge in [-0.1, -0.05) is 0 Å². The number of benzene rings is 1. The number of aliphatic hydroxyl groups is 1. The van der Waals surface area contributed by atoms with Gasteiger partial charge in [0.15, 0.2) is 0 Å². The number of hydrogen-bond acceptors (Lipinski definition) is 5. The van der Waals surface area contributed by atoms with Gasteiger partial charge in [-0.15, -0.1) is 0 Å². The van der Waals surface area contributed by atoms with Crippen molar-refractivity contribution in [3.8, 4) is 17.0 Å². The predicted molar refractivity (Wildman–Crippen MR) is 98.6 cm³/mol. The highest BCUT2D eigenvalue weighted by Crippen LogP contribution is 2.38. The molecule has 0 bridgehead atoms. The maximum Gasteiger partial charge on any atom is 0.416 e. The summed E-state index contributed by atoms with van der Waals surface area (Å²) in [6, 6.07) is 5.39. The van der Waals surface area contributed by atoms with Gasteiger partial charge in [-0.3, -0.25) is 0 Å². The Labute approximate surface area is 161 Å². The minimum absolute atomic E-state index is 0.245. The van der Waals surface area contributed by atoms with E-state index in [0.29, 0.717) is 30.0 Å². The van der Waals surface area contributed by atoms with Gasteiger partial charge in [0.2, 0.25) is 0 Å². The Hall–Kier alpha value is -2.19. The van der Waals surface area contributed by atoms with Crippen LogP contribution in [0.5, 0.6) is 5.75 Å². The Balaban J connectivity index is 1.68. The molecular weight excluding hydrogens is 371 g/mol. The minimum Gasteiger partial charge on any atom is -0.507 e. The largest absolute Gasteiger partial charge is 0.507 e. The van der Waals surface area contributed by atoms with Crippen molar-refractivity contribution in [3.05, 3.63) is 41.1 Å².